The van der Waals surface area contributed by atoms with Crippen LogP contribution in [0.5, 0.6) is 0 Å². The fraction of sp³-hybridized carbons (Fsp3) is 0.455. The summed E-state index contributed by atoms with van der Waals surface area (Å²) in [5, 5.41) is 0. The predicted octanol–water partition coefficient (Wildman–Crippen LogP) is 2.76. The highest BCUT2D eigenvalue weighted by atomic mass is 13.7. The van der Waals surface area contributed by atoms with Gasteiger partial charge in [-0.25, -0.2) is 0 Å². The van der Waals surface area contributed by atoms with Gasteiger partial charge < -0.3 is 0 Å². The SMILES string of the molecule is C=CCCC#CC#CCCC. The van der Waals surface area contributed by atoms with Crippen LogP contribution in [0, 0.1) is 23.7 Å². The molecule has 0 fully saturated rings. The maximum atomic E-state index is 3.60. The van der Waals surface area contributed by atoms with Gasteiger partial charge in [-0.05, 0) is 24.7 Å². The van der Waals surface area contributed by atoms with E-state index in [1.807, 2.05) is 6.08 Å². The number of allylic oxidation sites excluding steroid dienone is 1. The van der Waals surface area contributed by atoms with Crippen molar-refractivity contribution in [3.8, 4) is 23.7 Å². The van der Waals surface area contributed by atoms with Crippen LogP contribution in [0.4, 0.5) is 0 Å². The standard InChI is InChI=1S/C11H14/c1-3-5-7-9-11-10-8-6-4-2/h3H,1,4-7H2,2H3. The summed E-state index contributed by atoms with van der Waals surface area (Å²) in [5.41, 5.74) is 0. The highest BCUT2D eigenvalue weighted by Gasteiger charge is 1.70. The molecular formula is C11H14. The van der Waals surface area contributed by atoms with Gasteiger partial charge in [-0.15, -0.1) is 6.58 Å². The molecule has 0 heteroatoms. The van der Waals surface area contributed by atoms with Gasteiger partial charge in [0.05, 0.1) is 0 Å². The molecule has 0 saturated carbocycles. The molecule has 0 nitrogen and oxygen atoms in total. The van der Waals surface area contributed by atoms with E-state index in [0.29, 0.717) is 0 Å². The number of hydrogen-bond donors (Lipinski definition) is 0. The molecule has 0 amide bonds. The third-order valence-corrected chi connectivity index (χ3v) is 1.09. The Balaban J connectivity index is 3.40. The fourth-order valence-electron chi connectivity index (χ4n) is 0.513. The Morgan fingerprint density at radius 2 is 1.82 bits per heavy atom. The van der Waals surface area contributed by atoms with E-state index in [0.717, 1.165) is 25.7 Å². The third kappa shape index (κ3) is 8.86. The van der Waals surface area contributed by atoms with E-state index in [-0.39, 0.29) is 0 Å². The summed E-state index contributed by atoms with van der Waals surface area (Å²) < 4.78 is 0. The van der Waals surface area contributed by atoms with Gasteiger partial charge in [-0.2, -0.15) is 0 Å². The molecule has 0 aromatic heterocycles. The number of rotatable bonds is 3. The Bertz CT molecular complexity index is 202. The Hall–Kier alpha value is -1.14. The molecule has 0 radical (unpaired) electrons. The minimum atomic E-state index is 0.879. The van der Waals surface area contributed by atoms with Crippen molar-refractivity contribution >= 4 is 0 Å². The van der Waals surface area contributed by atoms with E-state index in [9.17, 15) is 0 Å². The Morgan fingerprint density at radius 3 is 2.36 bits per heavy atom. The first-order chi connectivity index (χ1) is 5.41. The molecule has 0 saturated heterocycles. The summed E-state index contributed by atoms with van der Waals surface area (Å²) in [7, 11) is 0. The molecule has 0 bridgehead atoms. The smallest absolute Gasteiger partial charge is 0.0133 e. The molecule has 0 atom stereocenters. The summed E-state index contributed by atoms with van der Waals surface area (Å²) >= 11 is 0. The summed E-state index contributed by atoms with van der Waals surface area (Å²) in [6.45, 7) is 5.72. The molecule has 0 aliphatic carbocycles. The minimum absolute atomic E-state index is 0.879. The monoisotopic (exact) mass is 146 g/mol. The lowest BCUT2D eigenvalue weighted by Gasteiger charge is -1.76. The van der Waals surface area contributed by atoms with Crippen LogP contribution in [0.25, 0.3) is 0 Å². The molecule has 0 N–H and O–H groups in total. The molecule has 0 aliphatic rings. The van der Waals surface area contributed by atoms with Crippen LogP contribution < -0.4 is 0 Å². The number of unbranched alkanes of at least 4 members (excludes halogenated alkanes) is 2. The van der Waals surface area contributed by atoms with Crippen molar-refractivity contribution in [2.45, 2.75) is 32.6 Å². The first-order valence-corrected chi connectivity index (χ1v) is 3.98. The Labute approximate surface area is 69.7 Å². The molecule has 0 aliphatic heterocycles. The molecule has 0 spiro atoms. The molecule has 11 heavy (non-hydrogen) atoms. The molecular weight excluding hydrogens is 132 g/mol. The van der Waals surface area contributed by atoms with E-state index < -0.39 is 0 Å². The Morgan fingerprint density at radius 1 is 1.18 bits per heavy atom. The van der Waals surface area contributed by atoms with Crippen LogP contribution in [0.1, 0.15) is 32.6 Å². The van der Waals surface area contributed by atoms with Crippen LogP contribution in [0.2, 0.25) is 0 Å². The van der Waals surface area contributed by atoms with Gasteiger partial charge in [0, 0.05) is 12.8 Å². The van der Waals surface area contributed by atoms with Crippen LogP contribution >= 0.6 is 0 Å². The average Bonchev–Trinajstić information content (AvgIpc) is 2.03. The topological polar surface area (TPSA) is 0 Å². The molecule has 0 aromatic carbocycles. The van der Waals surface area contributed by atoms with Crippen molar-refractivity contribution in [1.82, 2.24) is 0 Å². The van der Waals surface area contributed by atoms with Crippen molar-refractivity contribution in [2.24, 2.45) is 0 Å². The third-order valence-electron chi connectivity index (χ3n) is 1.09. The summed E-state index contributed by atoms with van der Waals surface area (Å²) in [5.74, 6) is 11.5. The van der Waals surface area contributed by atoms with Gasteiger partial charge in [0.2, 0.25) is 0 Å². The molecule has 0 aromatic rings. The second-order valence-corrected chi connectivity index (χ2v) is 2.18. The zero-order valence-electron chi connectivity index (χ0n) is 7.11. The van der Waals surface area contributed by atoms with Gasteiger partial charge in [0.1, 0.15) is 0 Å². The maximum absolute atomic E-state index is 3.60. The second-order valence-electron chi connectivity index (χ2n) is 2.18. The zero-order valence-corrected chi connectivity index (χ0v) is 7.11. The fourth-order valence-corrected chi connectivity index (χ4v) is 0.513. The van der Waals surface area contributed by atoms with Gasteiger partial charge in [-0.1, -0.05) is 24.8 Å². The molecule has 58 valence electrons. The van der Waals surface area contributed by atoms with Crippen LogP contribution in [-0.4, -0.2) is 0 Å². The van der Waals surface area contributed by atoms with Gasteiger partial charge in [0.25, 0.3) is 0 Å². The van der Waals surface area contributed by atoms with Crippen LogP contribution in [0.3, 0.4) is 0 Å². The van der Waals surface area contributed by atoms with E-state index in [4.69, 9.17) is 0 Å². The first-order valence-electron chi connectivity index (χ1n) is 3.98. The van der Waals surface area contributed by atoms with Crippen LogP contribution in [0.15, 0.2) is 12.7 Å². The van der Waals surface area contributed by atoms with E-state index in [1.54, 1.807) is 0 Å². The lowest BCUT2D eigenvalue weighted by molar-refractivity contribution is 0.983. The van der Waals surface area contributed by atoms with Crippen molar-refractivity contribution < 1.29 is 0 Å². The van der Waals surface area contributed by atoms with Crippen LogP contribution in [-0.2, 0) is 0 Å². The quantitative estimate of drug-likeness (QED) is 0.326. The number of hydrogen-bond acceptors (Lipinski definition) is 0. The zero-order chi connectivity index (χ0) is 8.36. The average molecular weight is 146 g/mol. The molecule has 0 heterocycles. The minimum Gasteiger partial charge on any atom is -0.103 e. The van der Waals surface area contributed by atoms with Crippen molar-refractivity contribution in [3.05, 3.63) is 12.7 Å². The van der Waals surface area contributed by atoms with Crippen molar-refractivity contribution in [2.75, 3.05) is 0 Å². The van der Waals surface area contributed by atoms with Gasteiger partial charge in [-0.3, -0.25) is 0 Å². The van der Waals surface area contributed by atoms with E-state index in [1.165, 1.54) is 0 Å². The summed E-state index contributed by atoms with van der Waals surface area (Å²) in [6.07, 6.45) is 5.78. The second kappa shape index (κ2) is 8.86. The lowest BCUT2D eigenvalue weighted by Crippen LogP contribution is -1.63. The predicted molar refractivity (Wildman–Crippen MR) is 49.9 cm³/mol. The highest BCUT2D eigenvalue weighted by molar-refractivity contribution is 5.25. The molecule has 0 rings (SSSR count). The van der Waals surface area contributed by atoms with E-state index in [2.05, 4.69) is 37.2 Å². The van der Waals surface area contributed by atoms with Crippen molar-refractivity contribution in [1.29, 1.82) is 0 Å². The highest BCUT2D eigenvalue weighted by Crippen LogP contribution is 1.84. The van der Waals surface area contributed by atoms with Gasteiger partial charge >= 0.3 is 0 Å². The van der Waals surface area contributed by atoms with E-state index >= 15 is 0 Å². The van der Waals surface area contributed by atoms with Crippen molar-refractivity contribution in [3.63, 3.8) is 0 Å². The summed E-state index contributed by atoms with van der Waals surface area (Å²) in [6, 6.07) is 0. The normalized spacial score (nSPS) is 7.00. The molecule has 0 unspecified atom stereocenters. The van der Waals surface area contributed by atoms with Gasteiger partial charge in [0.15, 0.2) is 0 Å². The summed E-state index contributed by atoms with van der Waals surface area (Å²) in [4.78, 5) is 0. The lowest BCUT2D eigenvalue weighted by atomic mass is 10.3. The maximum Gasteiger partial charge on any atom is 0.0133 e. The largest absolute Gasteiger partial charge is 0.103 e. The Kier molecular flexibility index (Phi) is 7.94. The first kappa shape index (κ1) is 9.86.